The number of anilines is 1. The predicted molar refractivity (Wildman–Crippen MR) is 103 cm³/mol. The Balaban J connectivity index is 1.78. The molecule has 0 saturated heterocycles. The molecular formula is C19H18N4OS. The van der Waals surface area contributed by atoms with Crippen molar-refractivity contribution < 1.29 is 4.74 Å². The fourth-order valence-electron chi connectivity index (χ4n) is 2.97. The lowest BCUT2D eigenvalue weighted by Gasteiger charge is -2.19. The molecule has 0 aliphatic rings. The van der Waals surface area contributed by atoms with Crippen LogP contribution in [-0.4, -0.2) is 23.6 Å². The van der Waals surface area contributed by atoms with Crippen LogP contribution in [0.4, 0.5) is 5.82 Å². The highest BCUT2D eigenvalue weighted by Crippen LogP contribution is 2.36. The van der Waals surface area contributed by atoms with Gasteiger partial charge in [-0.3, -0.25) is 0 Å². The summed E-state index contributed by atoms with van der Waals surface area (Å²) in [6.45, 7) is 0.445. The normalized spacial score (nSPS) is 12.4. The first-order valence-corrected chi connectivity index (χ1v) is 8.84. The number of nitrogens with one attached hydrogen (secondary N) is 1. The molecule has 1 unspecified atom stereocenters. The van der Waals surface area contributed by atoms with Crippen molar-refractivity contribution in [3.8, 4) is 5.75 Å². The van der Waals surface area contributed by atoms with E-state index in [-0.39, 0.29) is 6.04 Å². The molecule has 0 bridgehead atoms. The number of ether oxygens (including phenoxy) is 1. The molecule has 2 aromatic heterocycles. The van der Waals surface area contributed by atoms with Crippen LogP contribution in [-0.2, 0) is 0 Å². The zero-order valence-electron chi connectivity index (χ0n) is 13.8. The second-order valence-corrected chi connectivity index (χ2v) is 6.74. The van der Waals surface area contributed by atoms with Gasteiger partial charge in [-0.25, -0.2) is 9.97 Å². The molecule has 4 aromatic rings. The van der Waals surface area contributed by atoms with Gasteiger partial charge < -0.3 is 15.8 Å². The van der Waals surface area contributed by atoms with E-state index in [0.29, 0.717) is 6.54 Å². The quantitative estimate of drug-likeness (QED) is 0.570. The molecule has 126 valence electrons. The molecule has 0 fully saturated rings. The lowest BCUT2D eigenvalue weighted by molar-refractivity contribution is 0.414. The van der Waals surface area contributed by atoms with E-state index in [9.17, 15) is 0 Å². The van der Waals surface area contributed by atoms with Crippen molar-refractivity contribution >= 4 is 37.5 Å². The Bertz CT molecular complexity index is 1030. The second-order valence-electron chi connectivity index (χ2n) is 5.71. The first-order valence-electron chi connectivity index (χ1n) is 8.03. The molecular weight excluding hydrogens is 332 g/mol. The molecule has 0 saturated carbocycles. The molecule has 5 nitrogen and oxygen atoms in total. The highest BCUT2D eigenvalue weighted by molar-refractivity contribution is 7.25. The van der Waals surface area contributed by atoms with Crippen LogP contribution >= 0.6 is 11.3 Å². The number of nitrogens with two attached hydrogens (primary N) is 1. The van der Waals surface area contributed by atoms with Crippen molar-refractivity contribution in [3.05, 3.63) is 60.4 Å². The second kappa shape index (κ2) is 6.66. The van der Waals surface area contributed by atoms with Gasteiger partial charge in [-0.2, -0.15) is 0 Å². The molecule has 25 heavy (non-hydrogen) atoms. The zero-order valence-corrected chi connectivity index (χ0v) is 14.6. The monoisotopic (exact) mass is 350 g/mol. The zero-order chi connectivity index (χ0) is 17.2. The summed E-state index contributed by atoms with van der Waals surface area (Å²) in [6.07, 6.45) is 1.60. The topological polar surface area (TPSA) is 73.1 Å². The van der Waals surface area contributed by atoms with E-state index in [4.69, 9.17) is 10.5 Å². The molecule has 4 rings (SSSR count). The van der Waals surface area contributed by atoms with Crippen LogP contribution in [0.15, 0.2) is 54.9 Å². The number of methoxy groups -OCH3 is 1. The van der Waals surface area contributed by atoms with Crippen molar-refractivity contribution in [2.75, 3.05) is 19.0 Å². The fourth-order valence-corrected chi connectivity index (χ4v) is 4.01. The van der Waals surface area contributed by atoms with Gasteiger partial charge >= 0.3 is 0 Å². The van der Waals surface area contributed by atoms with E-state index in [1.807, 2.05) is 36.4 Å². The standard InChI is InChI=1S/C19H18N4OS/c1-24-13-6-4-5-12(9-13)15(10-20)23-18-17-14-7-2-3-8-16(14)25-19(17)22-11-21-18/h2-9,11,15H,10,20H2,1H3,(H,21,22,23). The maximum atomic E-state index is 6.03. The number of rotatable bonds is 5. The summed E-state index contributed by atoms with van der Waals surface area (Å²) in [6, 6.07) is 16.1. The number of fused-ring (bicyclic) bond motifs is 3. The van der Waals surface area contributed by atoms with Crippen molar-refractivity contribution in [2.45, 2.75) is 6.04 Å². The van der Waals surface area contributed by atoms with Gasteiger partial charge in [0, 0.05) is 16.6 Å². The Morgan fingerprint density at radius 1 is 1.16 bits per heavy atom. The molecule has 1 atom stereocenters. The Labute approximate surface area is 149 Å². The van der Waals surface area contributed by atoms with E-state index in [1.165, 1.54) is 4.70 Å². The molecule has 2 aromatic carbocycles. The number of hydrogen-bond acceptors (Lipinski definition) is 6. The number of aromatic nitrogens is 2. The number of hydrogen-bond donors (Lipinski definition) is 2. The van der Waals surface area contributed by atoms with Gasteiger partial charge in [0.05, 0.1) is 18.5 Å². The number of thiophene rings is 1. The van der Waals surface area contributed by atoms with Gasteiger partial charge in [-0.15, -0.1) is 11.3 Å². The van der Waals surface area contributed by atoms with Gasteiger partial charge in [0.25, 0.3) is 0 Å². The van der Waals surface area contributed by atoms with Crippen LogP contribution in [0.5, 0.6) is 5.75 Å². The van der Waals surface area contributed by atoms with Gasteiger partial charge in [-0.05, 0) is 23.8 Å². The third-order valence-corrected chi connectivity index (χ3v) is 5.30. The van der Waals surface area contributed by atoms with Crippen LogP contribution in [0.2, 0.25) is 0 Å². The predicted octanol–water partition coefficient (Wildman–Crippen LogP) is 3.97. The minimum absolute atomic E-state index is 0.0631. The lowest BCUT2D eigenvalue weighted by atomic mass is 10.1. The summed E-state index contributed by atoms with van der Waals surface area (Å²) in [5.74, 6) is 1.62. The molecule has 6 heteroatoms. The molecule has 2 heterocycles. The molecule has 0 aliphatic heterocycles. The summed E-state index contributed by atoms with van der Waals surface area (Å²) >= 11 is 1.67. The summed E-state index contributed by atoms with van der Waals surface area (Å²) in [5.41, 5.74) is 7.10. The van der Waals surface area contributed by atoms with Crippen LogP contribution < -0.4 is 15.8 Å². The average molecular weight is 350 g/mol. The average Bonchev–Trinajstić information content (AvgIpc) is 3.05. The Morgan fingerprint density at radius 3 is 2.88 bits per heavy atom. The van der Waals surface area contributed by atoms with E-state index < -0.39 is 0 Å². The van der Waals surface area contributed by atoms with E-state index >= 15 is 0 Å². The van der Waals surface area contributed by atoms with Gasteiger partial charge in [0.15, 0.2) is 0 Å². The van der Waals surface area contributed by atoms with Crippen molar-refractivity contribution in [1.82, 2.24) is 9.97 Å². The van der Waals surface area contributed by atoms with Gasteiger partial charge in [0.2, 0.25) is 0 Å². The third kappa shape index (κ3) is 2.90. The summed E-state index contributed by atoms with van der Waals surface area (Å²) in [7, 11) is 1.66. The maximum absolute atomic E-state index is 6.03. The van der Waals surface area contributed by atoms with Crippen LogP contribution in [0.1, 0.15) is 11.6 Å². The highest BCUT2D eigenvalue weighted by Gasteiger charge is 2.16. The Hall–Kier alpha value is -2.70. The van der Waals surface area contributed by atoms with E-state index in [0.717, 1.165) is 32.7 Å². The largest absolute Gasteiger partial charge is 0.497 e. The fraction of sp³-hybridized carbons (Fsp3) is 0.158. The highest BCUT2D eigenvalue weighted by atomic mass is 32.1. The molecule has 0 amide bonds. The maximum Gasteiger partial charge on any atom is 0.139 e. The first kappa shape index (κ1) is 15.8. The van der Waals surface area contributed by atoms with Crippen molar-refractivity contribution in [2.24, 2.45) is 5.73 Å². The Kier molecular flexibility index (Phi) is 4.21. The Morgan fingerprint density at radius 2 is 2.04 bits per heavy atom. The molecule has 0 spiro atoms. The smallest absolute Gasteiger partial charge is 0.139 e. The molecule has 0 radical (unpaired) electrons. The minimum Gasteiger partial charge on any atom is -0.497 e. The van der Waals surface area contributed by atoms with Crippen molar-refractivity contribution in [3.63, 3.8) is 0 Å². The van der Waals surface area contributed by atoms with Gasteiger partial charge in [-0.1, -0.05) is 30.3 Å². The number of benzene rings is 2. The first-order chi connectivity index (χ1) is 12.3. The van der Waals surface area contributed by atoms with Gasteiger partial charge in [0.1, 0.15) is 22.7 Å². The molecule has 0 aliphatic carbocycles. The SMILES string of the molecule is COc1cccc(C(CN)Nc2ncnc3sc4ccccc4c23)c1. The van der Waals surface area contributed by atoms with Crippen molar-refractivity contribution in [1.29, 1.82) is 0 Å². The lowest BCUT2D eigenvalue weighted by Crippen LogP contribution is -2.21. The van der Waals surface area contributed by atoms with E-state index in [2.05, 4.69) is 27.4 Å². The van der Waals surface area contributed by atoms with Crippen LogP contribution in [0.25, 0.3) is 20.3 Å². The number of nitrogens with zero attached hydrogens (tertiary/aromatic N) is 2. The summed E-state index contributed by atoms with van der Waals surface area (Å²) < 4.78 is 6.52. The summed E-state index contributed by atoms with van der Waals surface area (Å²) in [5, 5.41) is 5.70. The third-order valence-electron chi connectivity index (χ3n) is 4.22. The molecule has 3 N–H and O–H groups in total. The van der Waals surface area contributed by atoms with E-state index in [1.54, 1.807) is 24.8 Å². The van der Waals surface area contributed by atoms with Crippen LogP contribution in [0, 0.1) is 0 Å². The van der Waals surface area contributed by atoms with Crippen LogP contribution in [0.3, 0.4) is 0 Å². The minimum atomic E-state index is -0.0631. The summed E-state index contributed by atoms with van der Waals surface area (Å²) in [4.78, 5) is 9.88.